The van der Waals surface area contributed by atoms with Crippen molar-refractivity contribution >= 4 is 5.69 Å². The Morgan fingerprint density at radius 1 is 1.11 bits per heavy atom. The molecule has 0 aliphatic heterocycles. The van der Waals surface area contributed by atoms with Crippen molar-refractivity contribution in [2.45, 2.75) is 0 Å². The Morgan fingerprint density at radius 2 is 2.05 bits per heavy atom. The third-order valence-electron chi connectivity index (χ3n) is 2.54. The van der Waals surface area contributed by atoms with E-state index >= 15 is 0 Å². The molecule has 90 valence electrons. The highest BCUT2D eigenvalue weighted by Gasteiger charge is 2.11. The van der Waals surface area contributed by atoms with E-state index in [9.17, 15) is 0 Å². The van der Waals surface area contributed by atoms with Crippen LogP contribution in [-0.4, -0.2) is 15.1 Å². The molecule has 0 bridgehead atoms. The van der Waals surface area contributed by atoms with Crippen molar-refractivity contribution in [3.63, 3.8) is 0 Å². The molecule has 0 unspecified atom stereocenters. The Labute approximate surface area is 109 Å². The fraction of sp³-hybridized carbons (Fsp3) is 0. The first-order valence-electron chi connectivity index (χ1n) is 5.60. The molecule has 5 heteroatoms. The zero-order valence-electron chi connectivity index (χ0n) is 9.82. The van der Waals surface area contributed by atoms with E-state index in [1.807, 2.05) is 18.2 Å². The maximum Gasteiger partial charge on any atom is 0.276 e. The average molecular weight is 248 g/mol. The predicted molar refractivity (Wildman–Crippen MR) is 69.2 cm³/mol. The van der Waals surface area contributed by atoms with Gasteiger partial charge in [0.2, 0.25) is 5.82 Å². The molecule has 3 rings (SSSR count). The zero-order chi connectivity index (χ0) is 13.1. The molecule has 1 aromatic carbocycles. The minimum atomic E-state index is 0.365. The monoisotopic (exact) mass is 248 g/mol. The first-order valence-corrected chi connectivity index (χ1v) is 5.60. The minimum Gasteiger partial charge on any atom is -0.332 e. The largest absolute Gasteiger partial charge is 0.332 e. The van der Waals surface area contributed by atoms with Crippen molar-refractivity contribution in [1.29, 1.82) is 0 Å². The number of aromatic nitrogens is 3. The lowest BCUT2D eigenvalue weighted by Crippen LogP contribution is -1.82. The molecule has 0 saturated heterocycles. The molecule has 19 heavy (non-hydrogen) atoms. The van der Waals surface area contributed by atoms with Gasteiger partial charge < -0.3 is 4.52 Å². The Kier molecular flexibility index (Phi) is 2.75. The van der Waals surface area contributed by atoms with Crippen LogP contribution in [0, 0.1) is 6.57 Å². The predicted octanol–water partition coefficient (Wildman–Crippen LogP) is 3.35. The van der Waals surface area contributed by atoms with E-state index in [-0.39, 0.29) is 0 Å². The Bertz CT molecular complexity index is 743. The number of benzene rings is 1. The molecule has 0 amide bonds. The van der Waals surface area contributed by atoms with Gasteiger partial charge in [-0.25, -0.2) is 4.85 Å². The van der Waals surface area contributed by atoms with Crippen LogP contribution in [0.25, 0.3) is 27.8 Å². The second-order valence-electron chi connectivity index (χ2n) is 3.80. The molecule has 0 saturated carbocycles. The molecule has 3 aromatic rings. The van der Waals surface area contributed by atoms with Gasteiger partial charge in [0.05, 0.1) is 6.57 Å². The van der Waals surface area contributed by atoms with E-state index in [1.54, 1.807) is 30.5 Å². The summed E-state index contributed by atoms with van der Waals surface area (Å²) >= 11 is 0. The first kappa shape index (κ1) is 11.1. The lowest BCUT2D eigenvalue weighted by atomic mass is 10.2. The second kappa shape index (κ2) is 4.70. The van der Waals surface area contributed by atoms with Gasteiger partial charge in [0.15, 0.2) is 5.69 Å². The molecule has 2 aromatic heterocycles. The summed E-state index contributed by atoms with van der Waals surface area (Å²) in [7, 11) is 0. The highest BCUT2D eigenvalue weighted by molar-refractivity contribution is 5.63. The van der Waals surface area contributed by atoms with Crippen LogP contribution in [0.3, 0.4) is 0 Å². The van der Waals surface area contributed by atoms with Crippen LogP contribution in [0.4, 0.5) is 5.69 Å². The molecule has 0 aliphatic carbocycles. The standard InChI is InChI=1S/C14H8N4O/c1-15-11-6-4-5-10(9-11)13-17-14(19-18-13)12-7-2-3-8-16-12/h2-9H. The Hall–Kier alpha value is -3.00. The first-order chi connectivity index (χ1) is 9.36. The van der Waals surface area contributed by atoms with Crippen LogP contribution >= 0.6 is 0 Å². The zero-order valence-corrected chi connectivity index (χ0v) is 9.82. The van der Waals surface area contributed by atoms with Gasteiger partial charge in [-0.05, 0) is 18.2 Å². The van der Waals surface area contributed by atoms with Gasteiger partial charge in [-0.2, -0.15) is 4.98 Å². The fourth-order valence-electron chi connectivity index (χ4n) is 1.65. The molecule has 0 fully saturated rings. The van der Waals surface area contributed by atoms with E-state index in [1.165, 1.54) is 0 Å². The third-order valence-corrected chi connectivity index (χ3v) is 2.54. The summed E-state index contributed by atoms with van der Waals surface area (Å²) in [5.41, 5.74) is 1.92. The maximum absolute atomic E-state index is 6.99. The Morgan fingerprint density at radius 3 is 2.84 bits per heavy atom. The van der Waals surface area contributed by atoms with Gasteiger partial charge in [-0.1, -0.05) is 29.4 Å². The SMILES string of the molecule is [C-]#[N+]c1cccc(-c2noc(-c3ccccn3)n2)c1. The minimum absolute atomic E-state index is 0.365. The third kappa shape index (κ3) is 2.19. The summed E-state index contributed by atoms with van der Waals surface area (Å²) in [4.78, 5) is 11.8. The topological polar surface area (TPSA) is 56.2 Å². The van der Waals surface area contributed by atoms with Crippen molar-refractivity contribution in [3.8, 4) is 23.0 Å². The molecule has 0 atom stereocenters. The van der Waals surface area contributed by atoms with E-state index in [4.69, 9.17) is 11.1 Å². The van der Waals surface area contributed by atoms with Gasteiger partial charge in [0.1, 0.15) is 5.69 Å². The Balaban J connectivity index is 2.00. The fourth-order valence-corrected chi connectivity index (χ4v) is 1.65. The number of hydrogen-bond acceptors (Lipinski definition) is 4. The smallest absolute Gasteiger partial charge is 0.276 e. The van der Waals surface area contributed by atoms with Crippen LogP contribution < -0.4 is 0 Å². The number of rotatable bonds is 2. The average Bonchev–Trinajstić information content (AvgIpc) is 2.98. The maximum atomic E-state index is 6.99. The highest BCUT2D eigenvalue weighted by Crippen LogP contribution is 2.24. The van der Waals surface area contributed by atoms with Gasteiger partial charge in [-0.15, -0.1) is 0 Å². The summed E-state index contributed by atoms with van der Waals surface area (Å²) in [6.45, 7) is 6.99. The van der Waals surface area contributed by atoms with Crippen molar-refractivity contribution in [3.05, 3.63) is 60.1 Å². The van der Waals surface area contributed by atoms with E-state index in [0.29, 0.717) is 23.1 Å². The van der Waals surface area contributed by atoms with E-state index in [0.717, 1.165) is 5.56 Å². The van der Waals surface area contributed by atoms with E-state index in [2.05, 4.69) is 20.0 Å². The van der Waals surface area contributed by atoms with Crippen molar-refractivity contribution in [2.75, 3.05) is 0 Å². The number of hydrogen-bond donors (Lipinski definition) is 0. The molecule has 0 radical (unpaired) electrons. The van der Waals surface area contributed by atoms with Crippen LogP contribution in [0.1, 0.15) is 0 Å². The molecule has 5 nitrogen and oxygen atoms in total. The summed E-state index contributed by atoms with van der Waals surface area (Å²) in [5, 5.41) is 3.91. The molecule has 0 spiro atoms. The second-order valence-corrected chi connectivity index (χ2v) is 3.80. The summed E-state index contributed by atoms with van der Waals surface area (Å²) in [5.74, 6) is 0.815. The molecular formula is C14H8N4O. The lowest BCUT2D eigenvalue weighted by molar-refractivity contribution is 0.431. The van der Waals surface area contributed by atoms with Crippen LogP contribution in [0.2, 0.25) is 0 Å². The van der Waals surface area contributed by atoms with Gasteiger partial charge in [-0.3, -0.25) is 4.98 Å². The molecule has 0 aliphatic rings. The lowest BCUT2D eigenvalue weighted by Gasteiger charge is -1.94. The quantitative estimate of drug-likeness (QED) is 0.652. The van der Waals surface area contributed by atoms with Gasteiger partial charge >= 0.3 is 0 Å². The number of pyridine rings is 1. The van der Waals surface area contributed by atoms with Crippen molar-refractivity contribution < 1.29 is 4.52 Å². The van der Waals surface area contributed by atoms with E-state index < -0.39 is 0 Å². The van der Waals surface area contributed by atoms with Crippen molar-refractivity contribution in [1.82, 2.24) is 15.1 Å². The molecular weight excluding hydrogens is 240 g/mol. The van der Waals surface area contributed by atoms with Crippen LogP contribution in [0.5, 0.6) is 0 Å². The highest BCUT2D eigenvalue weighted by atomic mass is 16.5. The summed E-state index contributed by atoms with van der Waals surface area (Å²) < 4.78 is 5.18. The molecule has 2 heterocycles. The summed E-state index contributed by atoms with van der Waals surface area (Å²) in [6.07, 6.45) is 1.67. The summed E-state index contributed by atoms with van der Waals surface area (Å²) in [6, 6.07) is 12.6. The van der Waals surface area contributed by atoms with Crippen LogP contribution in [-0.2, 0) is 0 Å². The number of nitrogens with zero attached hydrogens (tertiary/aromatic N) is 4. The van der Waals surface area contributed by atoms with Gasteiger partial charge in [0.25, 0.3) is 5.89 Å². The molecule has 0 N–H and O–H groups in total. The van der Waals surface area contributed by atoms with Gasteiger partial charge in [0, 0.05) is 11.8 Å². The van der Waals surface area contributed by atoms with Crippen LogP contribution in [0.15, 0.2) is 53.2 Å². The van der Waals surface area contributed by atoms with Crippen molar-refractivity contribution in [2.24, 2.45) is 0 Å². The normalized spacial score (nSPS) is 10.1.